The molecule has 0 amide bonds. The molecule has 1 aromatic carbocycles. The molecule has 0 radical (unpaired) electrons. The first-order valence-electron chi connectivity index (χ1n) is 7.05. The van der Waals surface area contributed by atoms with Crippen LogP contribution in [0.25, 0.3) is 10.8 Å². The first kappa shape index (κ1) is 14.3. The summed E-state index contributed by atoms with van der Waals surface area (Å²) in [6.07, 6.45) is 2.69. The van der Waals surface area contributed by atoms with Crippen molar-refractivity contribution in [1.29, 1.82) is 0 Å². The van der Waals surface area contributed by atoms with Gasteiger partial charge in [0.1, 0.15) is 5.03 Å². The molecule has 3 rings (SSSR count). The number of hydrogen-bond donors (Lipinski definition) is 0. The number of aromatic nitrogens is 2. The number of methoxy groups -OCH3 is 1. The minimum atomic E-state index is -0.118. The molecule has 0 saturated heterocycles. The highest BCUT2D eigenvalue weighted by molar-refractivity contribution is 7.99. The summed E-state index contributed by atoms with van der Waals surface area (Å²) in [4.78, 5) is 11.5. The van der Waals surface area contributed by atoms with Crippen LogP contribution in [-0.4, -0.2) is 29.0 Å². The zero-order valence-electron chi connectivity index (χ0n) is 12.3. The molecule has 1 fully saturated rings. The lowest BCUT2D eigenvalue weighted by Gasteiger charge is -2.13. The Bertz CT molecular complexity index is 683. The fourth-order valence-corrected chi connectivity index (χ4v) is 3.73. The Hall–Kier alpha value is -1.62. The molecule has 0 spiro atoms. The van der Waals surface area contributed by atoms with Crippen LogP contribution in [0.4, 0.5) is 0 Å². The van der Waals surface area contributed by atoms with Crippen molar-refractivity contribution < 1.29 is 9.53 Å². The third-order valence-electron chi connectivity index (χ3n) is 4.06. The normalized spacial score (nSPS) is 15.9. The van der Waals surface area contributed by atoms with Gasteiger partial charge < -0.3 is 4.74 Å². The number of rotatable bonds is 5. The summed E-state index contributed by atoms with van der Waals surface area (Å²) < 4.78 is 4.79. The molecule has 1 saturated carbocycles. The van der Waals surface area contributed by atoms with Crippen LogP contribution in [0.3, 0.4) is 0 Å². The van der Waals surface area contributed by atoms with Gasteiger partial charge in [-0.25, -0.2) is 0 Å². The van der Waals surface area contributed by atoms with Gasteiger partial charge in [-0.05, 0) is 25.2 Å². The quantitative estimate of drug-likeness (QED) is 0.626. The van der Waals surface area contributed by atoms with Crippen LogP contribution in [0.1, 0.15) is 25.0 Å². The van der Waals surface area contributed by atoms with E-state index in [9.17, 15) is 4.79 Å². The second-order valence-electron chi connectivity index (χ2n) is 5.68. The Balaban J connectivity index is 1.77. The van der Waals surface area contributed by atoms with Crippen molar-refractivity contribution in [3.63, 3.8) is 0 Å². The lowest BCUT2D eigenvalue weighted by atomic mass is 10.1. The van der Waals surface area contributed by atoms with E-state index in [-0.39, 0.29) is 11.4 Å². The van der Waals surface area contributed by atoms with E-state index in [4.69, 9.17) is 4.74 Å². The maximum Gasteiger partial charge on any atom is 0.306 e. The van der Waals surface area contributed by atoms with Gasteiger partial charge in [-0.15, -0.1) is 16.9 Å². The summed E-state index contributed by atoms with van der Waals surface area (Å²) in [6.45, 7) is 1.98. The minimum absolute atomic E-state index is 0.103. The van der Waals surface area contributed by atoms with E-state index in [2.05, 4.69) is 22.3 Å². The van der Waals surface area contributed by atoms with Crippen molar-refractivity contribution in [1.82, 2.24) is 10.2 Å². The molecule has 21 heavy (non-hydrogen) atoms. The third kappa shape index (κ3) is 3.02. The van der Waals surface area contributed by atoms with Crippen molar-refractivity contribution in [3.05, 3.63) is 30.0 Å². The SMILES string of the molecule is COC(=O)CC1(CSc2nnc(C)c3ccccc23)CC1. The molecule has 2 aromatic rings. The standard InChI is InChI=1S/C16H18N2O2S/c1-11-12-5-3-4-6-13(12)15(18-17-11)21-10-16(7-8-16)9-14(19)20-2/h3-6H,7-10H2,1-2H3. The molecular formula is C16H18N2O2S. The van der Waals surface area contributed by atoms with Crippen molar-refractivity contribution in [3.8, 4) is 0 Å². The number of esters is 1. The number of fused-ring (bicyclic) bond motifs is 1. The summed E-state index contributed by atoms with van der Waals surface area (Å²) in [6, 6.07) is 8.20. The van der Waals surface area contributed by atoms with E-state index < -0.39 is 0 Å². The maximum absolute atomic E-state index is 11.5. The second-order valence-corrected chi connectivity index (χ2v) is 6.64. The van der Waals surface area contributed by atoms with Crippen LogP contribution in [0.2, 0.25) is 0 Å². The van der Waals surface area contributed by atoms with E-state index in [1.54, 1.807) is 11.8 Å². The minimum Gasteiger partial charge on any atom is -0.469 e. The van der Waals surface area contributed by atoms with Gasteiger partial charge in [-0.3, -0.25) is 4.79 Å². The molecule has 0 bridgehead atoms. The zero-order valence-corrected chi connectivity index (χ0v) is 13.1. The predicted molar refractivity (Wildman–Crippen MR) is 83.3 cm³/mol. The van der Waals surface area contributed by atoms with Crippen molar-refractivity contribution in [2.75, 3.05) is 12.9 Å². The van der Waals surface area contributed by atoms with Gasteiger partial charge in [-0.2, -0.15) is 5.10 Å². The lowest BCUT2D eigenvalue weighted by Crippen LogP contribution is -2.13. The number of ether oxygens (including phenoxy) is 1. The van der Waals surface area contributed by atoms with Gasteiger partial charge in [0.15, 0.2) is 0 Å². The number of nitrogens with zero attached hydrogens (tertiary/aromatic N) is 2. The van der Waals surface area contributed by atoms with Gasteiger partial charge >= 0.3 is 5.97 Å². The maximum atomic E-state index is 11.5. The Kier molecular flexibility index (Phi) is 3.85. The summed E-state index contributed by atoms with van der Waals surface area (Å²) in [5.41, 5.74) is 1.05. The zero-order chi connectivity index (χ0) is 14.9. The predicted octanol–water partition coefficient (Wildman–Crippen LogP) is 3.37. The highest BCUT2D eigenvalue weighted by atomic mass is 32.2. The molecule has 0 atom stereocenters. The second kappa shape index (κ2) is 5.64. The van der Waals surface area contributed by atoms with Crippen molar-refractivity contribution in [2.45, 2.75) is 31.2 Å². The summed E-state index contributed by atoms with van der Waals surface area (Å²) in [7, 11) is 1.45. The Morgan fingerprint density at radius 1 is 1.29 bits per heavy atom. The van der Waals surface area contributed by atoms with Crippen LogP contribution in [0.5, 0.6) is 0 Å². The van der Waals surface area contributed by atoms with Gasteiger partial charge in [0, 0.05) is 16.5 Å². The average Bonchev–Trinajstić information content (AvgIpc) is 3.27. The van der Waals surface area contributed by atoms with E-state index in [1.807, 2.05) is 19.1 Å². The van der Waals surface area contributed by atoms with Crippen LogP contribution in [0, 0.1) is 12.3 Å². The largest absolute Gasteiger partial charge is 0.469 e. The van der Waals surface area contributed by atoms with E-state index >= 15 is 0 Å². The molecule has 1 heterocycles. The van der Waals surface area contributed by atoms with E-state index in [0.717, 1.165) is 40.1 Å². The Labute approximate surface area is 128 Å². The van der Waals surface area contributed by atoms with Gasteiger partial charge in [-0.1, -0.05) is 24.3 Å². The molecule has 0 N–H and O–H groups in total. The average molecular weight is 302 g/mol. The van der Waals surface area contributed by atoms with Crippen LogP contribution in [0.15, 0.2) is 29.3 Å². The number of carbonyl (C=O) groups excluding carboxylic acids is 1. The van der Waals surface area contributed by atoms with Gasteiger partial charge in [0.05, 0.1) is 19.2 Å². The topological polar surface area (TPSA) is 52.1 Å². The third-order valence-corrected chi connectivity index (χ3v) is 5.39. The van der Waals surface area contributed by atoms with Gasteiger partial charge in [0.25, 0.3) is 0 Å². The fraction of sp³-hybridized carbons (Fsp3) is 0.438. The van der Waals surface area contributed by atoms with E-state index in [1.165, 1.54) is 7.11 Å². The smallest absolute Gasteiger partial charge is 0.306 e. The lowest BCUT2D eigenvalue weighted by molar-refractivity contribution is -0.141. The van der Waals surface area contributed by atoms with Crippen LogP contribution < -0.4 is 0 Å². The molecule has 5 heteroatoms. The molecule has 1 aliphatic carbocycles. The first-order valence-corrected chi connectivity index (χ1v) is 8.04. The molecule has 110 valence electrons. The summed E-state index contributed by atoms with van der Waals surface area (Å²) in [5.74, 6) is 0.775. The van der Waals surface area contributed by atoms with Crippen LogP contribution >= 0.6 is 11.8 Å². The Morgan fingerprint density at radius 2 is 2.00 bits per heavy atom. The monoisotopic (exact) mass is 302 g/mol. The molecule has 0 aliphatic heterocycles. The summed E-state index contributed by atoms with van der Waals surface area (Å²) >= 11 is 1.70. The number of carbonyl (C=O) groups is 1. The number of thioether (sulfide) groups is 1. The summed E-state index contributed by atoms with van der Waals surface area (Å²) in [5, 5.41) is 11.8. The molecule has 0 unspecified atom stereocenters. The molecule has 4 nitrogen and oxygen atoms in total. The number of benzene rings is 1. The fourth-order valence-electron chi connectivity index (χ4n) is 2.47. The molecule has 1 aliphatic rings. The number of hydrogen-bond acceptors (Lipinski definition) is 5. The van der Waals surface area contributed by atoms with Crippen LogP contribution in [-0.2, 0) is 9.53 Å². The van der Waals surface area contributed by atoms with E-state index in [0.29, 0.717) is 6.42 Å². The number of aryl methyl sites for hydroxylation is 1. The molecule has 1 aromatic heterocycles. The van der Waals surface area contributed by atoms with Gasteiger partial charge in [0.2, 0.25) is 0 Å². The highest BCUT2D eigenvalue weighted by Crippen LogP contribution is 2.52. The Morgan fingerprint density at radius 3 is 2.67 bits per heavy atom. The first-order chi connectivity index (χ1) is 10.1. The van der Waals surface area contributed by atoms with Crippen molar-refractivity contribution in [2.24, 2.45) is 5.41 Å². The molecular weight excluding hydrogens is 284 g/mol. The van der Waals surface area contributed by atoms with Crippen molar-refractivity contribution >= 4 is 28.5 Å². The highest BCUT2D eigenvalue weighted by Gasteiger charge is 2.44.